The Kier molecular flexibility index (Phi) is 5.67. The van der Waals surface area contributed by atoms with Crippen molar-refractivity contribution in [3.63, 3.8) is 0 Å². The van der Waals surface area contributed by atoms with Gasteiger partial charge >= 0.3 is 11.9 Å². The normalized spacial score (nSPS) is 12.9. The van der Waals surface area contributed by atoms with E-state index in [0.29, 0.717) is 6.42 Å². The van der Waals surface area contributed by atoms with Crippen molar-refractivity contribution in [2.24, 2.45) is 0 Å². The lowest BCUT2D eigenvalue weighted by atomic mass is 10.1. The lowest BCUT2D eigenvalue weighted by Gasteiger charge is -2.18. The van der Waals surface area contributed by atoms with Crippen LogP contribution >= 0.6 is 0 Å². The molecule has 0 bridgehead atoms. The van der Waals surface area contributed by atoms with Crippen molar-refractivity contribution in [1.29, 1.82) is 0 Å². The molecule has 0 unspecified atom stereocenters. The van der Waals surface area contributed by atoms with Gasteiger partial charge in [-0.15, -0.1) is 0 Å². The fourth-order valence-corrected chi connectivity index (χ4v) is 0.949. The molecule has 0 saturated carbocycles. The number of hydrogen-bond donors (Lipinski definition) is 2. The molecular formula is C11H18O6. The van der Waals surface area contributed by atoms with Crippen molar-refractivity contribution in [3.05, 3.63) is 11.3 Å². The minimum Gasteiger partial charge on any atom is -0.478 e. The molecule has 6 nitrogen and oxygen atoms in total. The lowest BCUT2D eigenvalue weighted by Crippen LogP contribution is -2.22. The van der Waals surface area contributed by atoms with Gasteiger partial charge in [-0.25, -0.2) is 9.59 Å². The van der Waals surface area contributed by atoms with Crippen LogP contribution in [0.3, 0.4) is 0 Å². The predicted molar refractivity (Wildman–Crippen MR) is 59.1 cm³/mol. The Labute approximate surface area is 99.8 Å². The molecule has 2 N–H and O–H groups in total. The minimum atomic E-state index is -1.46. The van der Waals surface area contributed by atoms with Crippen LogP contribution in [0.4, 0.5) is 0 Å². The molecule has 0 radical (unpaired) electrons. The van der Waals surface area contributed by atoms with E-state index >= 15 is 0 Å². The third kappa shape index (κ3) is 5.91. The summed E-state index contributed by atoms with van der Waals surface area (Å²) in [5.74, 6) is -3.45. The number of rotatable bonds is 6. The van der Waals surface area contributed by atoms with E-state index in [-0.39, 0.29) is 12.0 Å². The molecule has 0 spiro atoms. The van der Waals surface area contributed by atoms with Crippen LogP contribution in [0.2, 0.25) is 0 Å². The molecule has 0 aromatic rings. The molecule has 0 aromatic heterocycles. The van der Waals surface area contributed by atoms with Gasteiger partial charge in [0.2, 0.25) is 0 Å². The van der Waals surface area contributed by atoms with Crippen molar-refractivity contribution in [3.8, 4) is 0 Å². The van der Waals surface area contributed by atoms with Crippen molar-refractivity contribution < 1.29 is 29.6 Å². The molecule has 0 heterocycles. The van der Waals surface area contributed by atoms with E-state index in [9.17, 15) is 9.59 Å². The second-order valence-corrected chi connectivity index (χ2v) is 4.45. The highest BCUT2D eigenvalue weighted by atomic mass is 17.2. The zero-order valence-corrected chi connectivity index (χ0v) is 10.4. The van der Waals surface area contributed by atoms with Gasteiger partial charge in [0.1, 0.15) is 5.60 Å². The highest BCUT2D eigenvalue weighted by Gasteiger charge is 2.25. The lowest BCUT2D eigenvalue weighted by molar-refractivity contribution is -0.321. The minimum absolute atomic E-state index is 0.102. The zero-order valence-electron chi connectivity index (χ0n) is 10.4. The number of carbonyl (C=O) groups is 2. The molecule has 0 amide bonds. The number of aliphatic carboxylic acids is 2. The van der Waals surface area contributed by atoms with Crippen molar-refractivity contribution in [2.45, 2.75) is 46.1 Å². The van der Waals surface area contributed by atoms with E-state index in [0.717, 1.165) is 0 Å². The maximum atomic E-state index is 10.9. The summed E-state index contributed by atoms with van der Waals surface area (Å²) in [4.78, 5) is 31.3. The number of carboxylic acids is 2. The first-order valence-electron chi connectivity index (χ1n) is 5.24. The molecule has 0 atom stereocenters. The third-order valence-electron chi connectivity index (χ3n) is 1.60. The molecule has 0 aromatic carbocycles. The third-order valence-corrected chi connectivity index (χ3v) is 1.60. The highest BCUT2D eigenvalue weighted by Crippen LogP contribution is 2.17. The molecule has 0 aliphatic rings. The van der Waals surface area contributed by atoms with Crippen LogP contribution in [-0.2, 0) is 19.4 Å². The molecule has 0 rings (SSSR count). The van der Waals surface area contributed by atoms with Gasteiger partial charge in [0.05, 0.1) is 5.57 Å². The summed E-state index contributed by atoms with van der Waals surface area (Å²) in [6.07, 6.45) is 0.599. The van der Waals surface area contributed by atoms with Crippen molar-refractivity contribution >= 4 is 11.9 Å². The fourth-order valence-electron chi connectivity index (χ4n) is 0.949. The van der Waals surface area contributed by atoms with Gasteiger partial charge in [0.25, 0.3) is 5.76 Å². The van der Waals surface area contributed by atoms with Crippen LogP contribution in [0.25, 0.3) is 0 Å². The first-order valence-corrected chi connectivity index (χ1v) is 5.24. The van der Waals surface area contributed by atoms with Crippen molar-refractivity contribution in [2.75, 3.05) is 0 Å². The van der Waals surface area contributed by atoms with E-state index in [4.69, 9.17) is 15.1 Å². The molecule has 0 aliphatic carbocycles. The van der Waals surface area contributed by atoms with Crippen molar-refractivity contribution in [1.82, 2.24) is 0 Å². The van der Waals surface area contributed by atoms with E-state index in [2.05, 4.69) is 4.89 Å². The quantitative estimate of drug-likeness (QED) is 0.322. The van der Waals surface area contributed by atoms with E-state index < -0.39 is 23.3 Å². The van der Waals surface area contributed by atoms with Crippen LogP contribution in [0.15, 0.2) is 11.3 Å². The van der Waals surface area contributed by atoms with E-state index in [1.165, 1.54) is 0 Å². The van der Waals surface area contributed by atoms with E-state index in [1.54, 1.807) is 27.7 Å². The first-order chi connectivity index (χ1) is 7.69. The molecule has 0 aliphatic heterocycles. The Hall–Kier alpha value is -1.56. The summed E-state index contributed by atoms with van der Waals surface area (Å²) < 4.78 is 0. The highest BCUT2D eigenvalue weighted by molar-refractivity contribution is 5.97. The molecule has 98 valence electrons. The summed E-state index contributed by atoms with van der Waals surface area (Å²) in [5, 5.41) is 17.8. The summed E-state index contributed by atoms with van der Waals surface area (Å²) in [6, 6.07) is 0. The van der Waals surface area contributed by atoms with Gasteiger partial charge < -0.3 is 15.1 Å². The summed E-state index contributed by atoms with van der Waals surface area (Å²) in [5.41, 5.74) is -1.03. The fraction of sp³-hybridized carbons (Fsp3) is 0.636. The topological polar surface area (TPSA) is 93.1 Å². The smallest absolute Gasteiger partial charge is 0.375 e. The Morgan fingerprint density at radius 1 is 1.12 bits per heavy atom. The molecule has 17 heavy (non-hydrogen) atoms. The van der Waals surface area contributed by atoms with Gasteiger partial charge in [0.15, 0.2) is 0 Å². The Balaban J connectivity index is 5.09. The van der Waals surface area contributed by atoms with Gasteiger partial charge in [-0.2, -0.15) is 4.89 Å². The Morgan fingerprint density at radius 3 is 1.94 bits per heavy atom. The second-order valence-electron chi connectivity index (χ2n) is 4.45. The molecule has 0 fully saturated rings. The maximum Gasteiger partial charge on any atom is 0.375 e. The second kappa shape index (κ2) is 6.24. The molecule has 6 heteroatoms. The first kappa shape index (κ1) is 15.4. The van der Waals surface area contributed by atoms with Crippen LogP contribution in [0.5, 0.6) is 0 Å². The Morgan fingerprint density at radius 2 is 1.65 bits per heavy atom. The summed E-state index contributed by atoms with van der Waals surface area (Å²) in [6.45, 7) is 6.72. The predicted octanol–water partition coefficient (Wildman–Crippen LogP) is 1.96. The summed E-state index contributed by atoms with van der Waals surface area (Å²) >= 11 is 0. The summed E-state index contributed by atoms with van der Waals surface area (Å²) in [7, 11) is 0. The average molecular weight is 246 g/mol. The maximum absolute atomic E-state index is 10.9. The largest absolute Gasteiger partial charge is 0.478 e. The zero-order chi connectivity index (χ0) is 13.6. The van der Waals surface area contributed by atoms with Crippen LogP contribution in [0, 0.1) is 0 Å². The van der Waals surface area contributed by atoms with Crippen LogP contribution in [-0.4, -0.2) is 27.8 Å². The standard InChI is InChI=1S/C11H18O6/c1-5-6-7(9(12)13)8(10(14)15)16-17-11(2,3)4/h5-6H2,1-4H3,(H,12,13)(H,14,15). The van der Waals surface area contributed by atoms with Gasteiger partial charge in [-0.1, -0.05) is 13.3 Å². The Bertz CT molecular complexity index is 323. The van der Waals surface area contributed by atoms with Crippen LogP contribution in [0.1, 0.15) is 40.5 Å². The van der Waals surface area contributed by atoms with E-state index in [1.807, 2.05) is 0 Å². The van der Waals surface area contributed by atoms with Crippen LogP contribution < -0.4 is 0 Å². The average Bonchev–Trinajstić information content (AvgIpc) is 2.13. The molecular weight excluding hydrogens is 228 g/mol. The molecule has 0 saturated heterocycles. The number of hydrogen-bond acceptors (Lipinski definition) is 4. The SMILES string of the molecule is CCCC(C(=O)O)=C(OOC(C)(C)C)C(=O)O. The van der Waals surface area contributed by atoms with Gasteiger partial charge in [-0.3, -0.25) is 0 Å². The van der Waals surface area contributed by atoms with Gasteiger partial charge in [0, 0.05) is 0 Å². The number of carboxylic acid groups (broad SMARTS) is 2. The monoisotopic (exact) mass is 246 g/mol. The van der Waals surface area contributed by atoms with Gasteiger partial charge in [-0.05, 0) is 27.2 Å².